The summed E-state index contributed by atoms with van der Waals surface area (Å²) in [5.41, 5.74) is 4.97. The van der Waals surface area contributed by atoms with Crippen molar-refractivity contribution in [2.24, 2.45) is 0 Å². The van der Waals surface area contributed by atoms with E-state index in [2.05, 4.69) is 4.98 Å². The number of ether oxygens (including phenoxy) is 1. The topological polar surface area (TPSA) is 75.8 Å². The van der Waals surface area contributed by atoms with Crippen LogP contribution in [0.1, 0.15) is 30.4 Å². The molecular weight excluding hydrogens is 497 g/mol. The van der Waals surface area contributed by atoms with E-state index in [0.717, 1.165) is 35.1 Å². The van der Waals surface area contributed by atoms with Crippen molar-refractivity contribution in [1.29, 1.82) is 0 Å². The molecule has 3 aromatic carbocycles. The Morgan fingerprint density at radius 1 is 1.11 bits per heavy atom. The lowest BCUT2D eigenvalue weighted by Crippen LogP contribution is -2.44. The number of fused-ring (bicyclic) bond motifs is 1. The molecule has 2 heterocycles. The summed E-state index contributed by atoms with van der Waals surface area (Å²) in [6, 6.07) is 18.1. The van der Waals surface area contributed by atoms with Crippen LogP contribution in [-0.4, -0.2) is 46.3 Å². The van der Waals surface area contributed by atoms with Crippen molar-refractivity contribution in [1.82, 2.24) is 9.88 Å². The third-order valence-corrected chi connectivity index (χ3v) is 6.88. The van der Waals surface area contributed by atoms with Gasteiger partial charge in [-0.1, -0.05) is 48.9 Å². The van der Waals surface area contributed by atoms with E-state index in [1.165, 1.54) is 6.07 Å². The van der Waals surface area contributed by atoms with Crippen molar-refractivity contribution in [3.63, 3.8) is 0 Å². The van der Waals surface area contributed by atoms with Gasteiger partial charge in [0.05, 0.1) is 0 Å². The first-order valence-electron chi connectivity index (χ1n) is 12.4. The second-order valence-corrected chi connectivity index (χ2v) is 9.51. The van der Waals surface area contributed by atoms with E-state index < -0.39 is 24.8 Å². The first-order chi connectivity index (χ1) is 18.2. The molecule has 1 aliphatic rings. The Labute approximate surface area is 217 Å². The number of hydrogen-bond acceptors (Lipinski definition) is 5. The van der Waals surface area contributed by atoms with Crippen LogP contribution in [0.5, 0.6) is 5.75 Å². The molecule has 0 aliphatic carbocycles. The number of carboxylic acids is 1. The van der Waals surface area contributed by atoms with Gasteiger partial charge >= 0.3 is 12.1 Å². The van der Waals surface area contributed by atoms with Crippen LogP contribution in [0.2, 0.25) is 0 Å². The Morgan fingerprint density at radius 2 is 1.87 bits per heavy atom. The average molecular weight is 525 g/mol. The Balaban J connectivity index is 1.54. The summed E-state index contributed by atoms with van der Waals surface area (Å²) >= 11 is 0. The van der Waals surface area contributed by atoms with Crippen molar-refractivity contribution < 1.29 is 32.2 Å². The summed E-state index contributed by atoms with van der Waals surface area (Å²) in [5, 5.41) is 9.65. The van der Waals surface area contributed by atoms with Crippen LogP contribution in [0.3, 0.4) is 0 Å². The fourth-order valence-corrected chi connectivity index (χ4v) is 5.01. The van der Waals surface area contributed by atoms with Crippen LogP contribution in [0.4, 0.5) is 13.2 Å². The van der Waals surface area contributed by atoms with E-state index >= 15 is 0 Å². The van der Waals surface area contributed by atoms with Gasteiger partial charge in [-0.3, -0.25) is 9.69 Å². The first kappa shape index (κ1) is 25.8. The predicted octanol–water partition coefficient (Wildman–Crippen LogP) is 6.85. The highest BCUT2D eigenvalue weighted by atomic mass is 19.4. The molecule has 38 heavy (non-hydrogen) atoms. The van der Waals surface area contributed by atoms with Crippen LogP contribution < -0.4 is 4.74 Å². The zero-order valence-electron chi connectivity index (χ0n) is 20.8. The molecule has 1 atom stereocenters. The number of likely N-dealkylation sites (tertiary alicyclic amines) is 1. The summed E-state index contributed by atoms with van der Waals surface area (Å²) < 4.78 is 50.2. The highest BCUT2D eigenvalue weighted by molar-refractivity contribution is 5.82. The van der Waals surface area contributed by atoms with Crippen LogP contribution >= 0.6 is 0 Å². The molecule has 0 unspecified atom stereocenters. The number of piperidine rings is 1. The number of carboxylic acid groups (broad SMARTS) is 1. The van der Waals surface area contributed by atoms with Gasteiger partial charge < -0.3 is 14.3 Å². The Hall–Kier alpha value is -3.85. The van der Waals surface area contributed by atoms with E-state index in [-0.39, 0.29) is 12.3 Å². The van der Waals surface area contributed by atoms with Gasteiger partial charge in [0.15, 0.2) is 12.2 Å². The van der Waals surface area contributed by atoms with E-state index in [1.54, 1.807) is 11.0 Å². The van der Waals surface area contributed by atoms with Crippen LogP contribution in [-0.2, 0) is 11.3 Å². The third-order valence-electron chi connectivity index (χ3n) is 6.88. The number of oxazole rings is 1. The number of hydrogen-bond donors (Lipinski definition) is 1. The predicted molar refractivity (Wildman–Crippen MR) is 137 cm³/mol. The molecule has 1 aliphatic heterocycles. The molecule has 1 fully saturated rings. The molecule has 1 N–H and O–H groups in total. The molecule has 0 spiro atoms. The minimum Gasteiger partial charge on any atom is -0.484 e. The molecule has 4 aromatic rings. The quantitative estimate of drug-likeness (QED) is 0.285. The number of halogens is 3. The maximum absolute atomic E-state index is 13.0. The molecule has 5 rings (SSSR count). The number of aromatic nitrogens is 1. The molecule has 1 aromatic heterocycles. The van der Waals surface area contributed by atoms with Gasteiger partial charge in [-0.15, -0.1) is 0 Å². The van der Waals surface area contributed by atoms with Crippen LogP contribution in [0.15, 0.2) is 65.1 Å². The average Bonchev–Trinajstić information content (AvgIpc) is 3.30. The Kier molecular flexibility index (Phi) is 7.12. The molecular formula is C29H27F3N2O4. The highest BCUT2D eigenvalue weighted by Gasteiger charge is 2.31. The van der Waals surface area contributed by atoms with Gasteiger partial charge in [0, 0.05) is 23.7 Å². The molecule has 6 nitrogen and oxygen atoms in total. The maximum Gasteiger partial charge on any atom is 0.422 e. The number of nitrogens with zero attached hydrogens (tertiary/aromatic N) is 2. The first-order valence-corrected chi connectivity index (χ1v) is 12.4. The third kappa shape index (κ3) is 5.52. The fraction of sp³-hybridized carbons (Fsp3) is 0.310. The second kappa shape index (κ2) is 10.5. The van der Waals surface area contributed by atoms with E-state index in [1.807, 2.05) is 55.5 Å². The normalized spacial score (nSPS) is 16.6. The number of benzene rings is 3. The number of aliphatic carboxylic acids is 1. The number of alkyl halides is 3. The van der Waals surface area contributed by atoms with Gasteiger partial charge in [-0.2, -0.15) is 13.2 Å². The maximum atomic E-state index is 13.0. The standard InChI is InChI=1S/C29H27F3N2O4/c1-18-21(19-8-3-2-4-9-19)10-7-11-22(18)27-33-23-14-20(16-34-13-6-5-12-24(34)28(35)36)25(15-26(23)38-27)37-17-29(30,31)32/h2-4,7-11,14-15,24H,5-6,12-13,16-17H2,1H3,(H,35,36)/t24-/m0/s1. The molecule has 9 heteroatoms. The SMILES string of the molecule is Cc1c(-c2ccccc2)cccc1-c1nc2cc(CN3CCCC[C@H]3C(=O)O)c(OCC(F)(F)F)cc2o1. The van der Waals surface area contributed by atoms with Gasteiger partial charge in [0.2, 0.25) is 5.89 Å². The second-order valence-electron chi connectivity index (χ2n) is 9.51. The van der Waals surface area contributed by atoms with Crippen LogP contribution in [0.25, 0.3) is 33.7 Å². The van der Waals surface area contributed by atoms with Crippen molar-refractivity contribution in [2.75, 3.05) is 13.2 Å². The van der Waals surface area contributed by atoms with Crippen molar-refractivity contribution >= 4 is 17.1 Å². The summed E-state index contributed by atoms with van der Waals surface area (Å²) in [7, 11) is 0. The van der Waals surface area contributed by atoms with Gasteiger partial charge in [0.25, 0.3) is 0 Å². The molecule has 0 amide bonds. The Morgan fingerprint density at radius 3 is 2.61 bits per heavy atom. The Bertz CT molecular complexity index is 1450. The number of rotatable bonds is 7. The monoisotopic (exact) mass is 524 g/mol. The molecule has 198 valence electrons. The van der Waals surface area contributed by atoms with Gasteiger partial charge in [-0.05, 0) is 55.1 Å². The fourth-order valence-electron chi connectivity index (χ4n) is 5.01. The molecule has 0 bridgehead atoms. The van der Waals surface area contributed by atoms with Crippen molar-refractivity contribution in [3.8, 4) is 28.3 Å². The summed E-state index contributed by atoms with van der Waals surface area (Å²) in [6.45, 7) is 1.17. The summed E-state index contributed by atoms with van der Waals surface area (Å²) in [4.78, 5) is 18.2. The van der Waals surface area contributed by atoms with Gasteiger partial charge in [-0.25, -0.2) is 4.98 Å². The minimum atomic E-state index is -4.53. The summed E-state index contributed by atoms with van der Waals surface area (Å²) in [6.07, 6.45) is -2.43. The zero-order valence-corrected chi connectivity index (χ0v) is 20.8. The largest absolute Gasteiger partial charge is 0.484 e. The molecule has 0 saturated carbocycles. The smallest absolute Gasteiger partial charge is 0.422 e. The summed E-state index contributed by atoms with van der Waals surface area (Å²) in [5.74, 6) is -0.599. The van der Waals surface area contributed by atoms with Crippen molar-refractivity contribution in [2.45, 2.75) is 44.9 Å². The minimum absolute atomic E-state index is 0.00185. The van der Waals surface area contributed by atoms with Gasteiger partial charge in [0.1, 0.15) is 17.3 Å². The highest BCUT2D eigenvalue weighted by Crippen LogP contribution is 2.36. The lowest BCUT2D eigenvalue weighted by molar-refractivity contribution is -0.153. The van der Waals surface area contributed by atoms with Crippen LogP contribution in [0, 0.1) is 6.92 Å². The van der Waals surface area contributed by atoms with E-state index in [0.29, 0.717) is 35.5 Å². The lowest BCUT2D eigenvalue weighted by Gasteiger charge is -2.33. The zero-order chi connectivity index (χ0) is 26.9. The molecule has 1 saturated heterocycles. The lowest BCUT2D eigenvalue weighted by atomic mass is 9.96. The molecule has 0 radical (unpaired) electrons. The number of carbonyl (C=O) groups is 1. The van der Waals surface area contributed by atoms with Crippen molar-refractivity contribution in [3.05, 3.63) is 71.8 Å². The van der Waals surface area contributed by atoms with E-state index in [4.69, 9.17) is 9.15 Å². The van der Waals surface area contributed by atoms with E-state index in [9.17, 15) is 23.1 Å².